The van der Waals surface area contributed by atoms with Crippen LogP contribution in [0.25, 0.3) is 11.1 Å². The van der Waals surface area contributed by atoms with Crippen LogP contribution in [0, 0.1) is 21.4 Å². The maximum absolute atomic E-state index is 13.9. The molecule has 0 amide bonds. The minimum absolute atomic E-state index is 0.0288. The summed E-state index contributed by atoms with van der Waals surface area (Å²) in [6.45, 7) is 0. The number of fused-ring (bicyclic) bond motifs is 3. The topological polar surface area (TPSA) is 113 Å². The summed E-state index contributed by atoms with van der Waals surface area (Å²) in [5, 5.41) is 33.7. The molecule has 0 fully saturated rings. The molecular weight excluding hydrogens is 1330 g/mol. The van der Waals surface area contributed by atoms with Crippen LogP contribution in [0.15, 0.2) is 66.7 Å². The van der Waals surface area contributed by atoms with Crippen molar-refractivity contribution >= 4 is 147 Å². The summed E-state index contributed by atoms with van der Waals surface area (Å²) in [4.78, 5) is 27.5. The Kier molecular flexibility index (Phi) is 11.6. The Hall–Kier alpha value is -1.18. The first kappa shape index (κ1) is 38.1. The SMILES string of the molecule is O=C(OC1CCCc2c(O)cc(-c3cc(O)c4c(c3)C(OC(=O)c3c(I)ccc(I)c3I)c3cccc(O)c3C4)cc21)c1c(I)ccc(I)c1I. The quantitative estimate of drug-likeness (QED) is 0.0913. The largest absolute Gasteiger partial charge is 0.508 e. The van der Waals surface area contributed by atoms with Gasteiger partial charge in [-0.2, -0.15) is 0 Å². The van der Waals surface area contributed by atoms with Crippen LogP contribution in [-0.4, -0.2) is 27.3 Å². The van der Waals surface area contributed by atoms with Crippen LogP contribution >= 0.6 is 136 Å². The number of ether oxygens (including phenoxy) is 2. The van der Waals surface area contributed by atoms with Gasteiger partial charge in [0.05, 0.1) is 11.1 Å². The van der Waals surface area contributed by atoms with Crippen molar-refractivity contribution in [2.45, 2.75) is 37.9 Å². The molecular formula is C38H24I6O7. The van der Waals surface area contributed by atoms with Crippen molar-refractivity contribution in [2.75, 3.05) is 0 Å². The summed E-state index contributed by atoms with van der Waals surface area (Å²) in [5.74, 6) is -0.830. The zero-order chi connectivity index (χ0) is 36.3. The summed E-state index contributed by atoms with van der Waals surface area (Å²) in [7, 11) is 0. The second-order valence-corrected chi connectivity index (χ2v) is 19.0. The average molecular weight is 1350 g/mol. The molecule has 51 heavy (non-hydrogen) atoms. The molecule has 2 atom stereocenters. The van der Waals surface area contributed by atoms with Gasteiger partial charge in [0.25, 0.3) is 0 Å². The van der Waals surface area contributed by atoms with Gasteiger partial charge in [0, 0.05) is 55.7 Å². The fourth-order valence-corrected chi connectivity index (χ4v) is 11.4. The zero-order valence-corrected chi connectivity index (χ0v) is 39.0. The first-order chi connectivity index (χ1) is 24.3. The lowest BCUT2D eigenvalue weighted by molar-refractivity contribution is 0.0252. The van der Waals surface area contributed by atoms with E-state index in [1.165, 1.54) is 0 Å². The maximum atomic E-state index is 13.9. The van der Waals surface area contributed by atoms with Crippen molar-refractivity contribution in [3.8, 4) is 28.4 Å². The highest BCUT2D eigenvalue weighted by molar-refractivity contribution is 14.1. The van der Waals surface area contributed by atoms with Gasteiger partial charge >= 0.3 is 11.9 Å². The molecule has 0 heterocycles. The second-order valence-electron chi connectivity index (χ2n) is 12.2. The van der Waals surface area contributed by atoms with E-state index < -0.39 is 24.1 Å². The first-order valence-corrected chi connectivity index (χ1v) is 22.0. The molecule has 5 aromatic rings. The molecule has 7 rings (SSSR count). The van der Waals surface area contributed by atoms with Gasteiger partial charge in [-0.15, -0.1) is 0 Å². The molecule has 5 aromatic carbocycles. The minimum atomic E-state index is -0.933. The first-order valence-electron chi connectivity index (χ1n) is 15.6. The molecule has 2 unspecified atom stereocenters. The van der Waals surface area contributed by atoms with Crippen LogP contribution < -0.4 is 0 Å². The van der Waals surface area contributed by atoms with Crippen molar-refractivity contribution in [1.82, 2.24) is 0 Å². The standard InChI is InChI=1S/C38H24I6O7/c39-24-7-9-26(41)34(43)32(24)37(48)50-31-6-2-3-18-22(31)11-16(13-29(18)46)17-12-23-21(30(47)14-17)15-20-19(4-1-5-28(20)45)36(23)51-38(49)33-25(40)8-10-27(42)35(33)44/h1,4-5,7-14,31,36,45-47H,2-3,6,15H2. The molecule has 0 aromatic heterocycles. The predicted molar refractivity (Wildman–Crippen MR) is 244 cm³/mol. The molecule has 13 heteroatoms. The van der Waals surface area contributed by atoms with Gasteiger partial charge in [-0.05, 0) is 226 Å². The lowest BCUT2D eigenvalue weighted by atomic mass is 9.80. The monoisotopic (exact) mass is 1350 g/mol. The number of aromatic hydroxyl groups is 3. The number of hydrogen-bond donors (Lipinski definition) is 3. The van der Waals surface area contributed by atoms with Gasteiger partial charge in [-0.1, -0.05) is 12.1 Å². The number of halogens is 6. The van der Waals surface area contributed by atoms with Gasteiger partial charge in [-0.3, -0.25) is 0 Å². The van der Waals surface area contributed by atoms with Crippen LogP contribution in [0.5, 0.6) is 17.2 Å². The number of rotatable bonds is 5. The minimum Gasteiger partial charge on any atom is -0.508 e. The molecule has 260 valence electrons. The van der Waals surface area contributed by atoms with E-state index in [0.717, 1.165) is 39.0 Å². The molecule has 2 aliphatic carbocycles. The van der Waals surface area contributed by atoms with Crippen molar-refractivity contribution in [3.05, 3.63) is 133 Å². The number of phenols is 3. The Morgan fingerprint density at radius 2 is 1.12 bits per heavy atom. The summed E-state index contributed by atoms with van der Waals surface area (Å²) in [6.07, 6.45) is 0.705. The lowest BCUT2D eigenvalue weighted by Crippen LogP contribution is -2.21. The van der Waals surface area contributed by atoms with E-state index in [-0.39, 0.29) is 23.7 Å². The molecule has 3 N–H and O–H groups in total. The van der Waals surface area contributed by atoms with Crippen LogP contribution in [0.1, 0.15) is 79.1 Å². The van der Waals surface area contributed by atoms with Crippen LogP contribution in [-0.2, 0) is 22.3 Å². The third-order valence-electron chi connectivity index (χ3n) is 9.17. The second kappa shape index (κ2) is 15.5. The Morgan fingerprint density at radius 3 is 1.75 bits per heavy atom. The number of carbonyl (C=O) groups is 2. The van der Waals surface area contributed by atoms with E-state index in [0.29, 0.717) is 57.3 Å². The van der Waals surface area contributed by atoms with Gasteiger partial charge in [-0.25, -0.2) is 9.59 Å². The van der Waals surface area contributed by atoms with Crippen molar-refractivity contribution in [1.29, 1.82) is 0 Å². The van der Waals surface area contributed by atoms with E-state index in [2.05, 4.69) is 136 Å². The van der Waals surface area contributed by atoms with Crippen LogP contribution in [0.3, 0.4) is 0 Å². The smallest absolute Gasteiger partial charge is 0.341 e. The summed E-state index contributed by atoms with van der Waals surface area (Å²) < 4.78 is 17.5. The molecule has 0 bridgehead atoms. The van der Waals surface area contributed by atoms with Crippen LogP contribution in [0.4, 0.5) is 0 Å². The fraction of sp³-hybridized carbons (Fsp3) is 0.158. The van der Waals surface area contributed by atoms with Crippen molar-refractivity contribution in [3.63, 3.8) is 0 Å². The van der Waals surface area contributed by atoms with E-state index in [9.17, 15) is 24.9 Å². The van der Waals surface area contributed by atoms with E-state index >= 15 is 0 Å². The van der Waals surface area contributed by atoms with Gasteiger partial charge in [0.1, 0.15) is 23.4 Å². The highest BCUT2D eigenvalue weighted by Gasteiger charge is 2.35. The van der Waals surface area contributed by atoms with Crippen molar-refractivity contribution < 1.29 is 34.4 Å². The Balaban J connectivity index is 1.30. The number of esters is 2. The summed E-state index contributed by atoms with van der Waals surface area (Å²) >= 11 is 13.0. The van der Waals surface area contributed by atoms with Gasteiger partial charge in [0.15, 0.2) is 6.10 Å². The normalized spacial score (nSPS) is 16.1. The highest BCUT2D eigenvalue weighted by Crippen LogP contribution is 2.47. The molecule has 0 saturated heterocycles. The molecule has 2 aliphatic rings. The van der Waals surface area contributed by atoms with E-state index in [4.69, 9.17) is 9.47 Å². The molecule has 0 saturated carbocycles. The number of carbonyl (C=O) groups excluding carboxylic acids is 2. The molecule has 0 aliphatic heterocycles. The Bertz CT molecular complexity index is 2290. The number of phenolic OH excluding ortho intramolecular Hbond substituents is 3. The van der Waals surface area contributed by atoms with Crippen molar-refractivity contribution in [2.24, 2.45) is 0 Å². The summed E-state index contributed by atoms with van der Waals surface area (Å²) in [6, 6.07) is 19.9. The molecule has 0 radical (unpaired) electrons. The zero-order valence-electron chi connectivity index (χ0n) is 26.1. The molecule has 7 nitrogen and oxygen atoms in total. The lowest BCUT2D eigenvalue weighted by Gasteiger charge is -2.30. The number of hydrogen-bond acceptors (Lipinski definition) is 7. The fourth-order valence-electron chi connectivity index (χ4n) is 6.70. The van der Waals surface area contributed by atoms with Crippen LogP contribution in [0.2, 0.25) is 0 Å². The third-order valence-corrected chi connectivity index (χ3v) is 17.1. The average Bonchev–Trinajstić information content (AvgIpc) is 3.09. The summed E-state index contributed by atoms with van der Waals surface area (Å²) in [5.41, 5.74) is 5.94. The maximum Gasteiger partial charge on any atom is 0.341 e. The third kappa shape index (κ3) is 7.33. The molecule has 0 spiro atoms. The highest BCUT2D eigenvalue weighted by atomic mass is 127. The Morgan fingerprint density at radius 1 is 0.588 bits per heavy atom. The van der Waals surface area contributed by atoms with E-state index in [1.54, 1.807) is 24.3 Å². The van der Waals surface area contributed by atoms with E-state index in [1.807, 2.05) is 42.5 Å². The van der Waals surface area contributed by atoms with Gasteiger partial charge < -0.3 is 24.8 Å². The van der Waals surface area contributed by atoms with Gasteiger partial charge in [0.2, 0.25) is 0 Å². The predicted octanol–water partition coefficient (Wildman–Crippen LogP) is 11.2. The number of benzene rings is 5. The Labute approximate surface area is 375 Å².